The zero-order chi connectivity index (χ0) is 16.7. The van der Waals surface area contributed by atoms with E-state index in [1.54, 1.807) is 20.3 Å². The molecule has 1 fully saturated rings. The molecular formula is C19H21NO4. The molecule has 0 aromatic heterocycles. The molecule has 24 heavy (non-hydrogen) atoms. The van der Waals surface area contributed by atoms with E-state index >= 15 is 0 Å². The molecule has 4 aliphatic rings. The molecule has 0 unspecified atom stereocenters. The number of allylic oxidation sites excluding steroid dienone is 1. The molecule has 0 amide bonds. The number of nitrogens with zero attached hydrogens (tertiary/aromatic N) is 1. The van der Waals surface area contributed by atoms with Crippen LogP contribution in [0.5, 0.6) is 11.5 Å². The van der Waals surface area contributed by atoms with Gasteiger partial charge in [0.1, 0.15) is 0 Å². The van der Waals surface area contributed by atoms with Gasteiger partial charge in [-0.2, -0.15) is 0 Å². The van der Waals surface area contributed by atoms with Crippen LogP contribution in [0, 0.1) is 0 Å². The molecule has 1 aromatic rings. The van der Waals surface area contributed by atoms with Crippen molar-refractivity contribution in [2.75, 3.05) is 27.8 Å². The highest BCUT2D eigenvalue weighted by Gasteiger charge is 2.74. The quantitative estimate of drug-likeness (QED) is 0.839. The average molecular weight is 327 g/mol. The Morgan fingerprint density at radius 3 is 2.88 bits per heavy atom. The van der Waals surface area contributed by atoms with Crippen LogP contribution < -0.4 is 9.47 Å². The van der Waals surface area contributed by atoms with Crippen LogP contribution in [-0.2, 0) is 16.6 Å². The molecule has 0 bridgehead atoms. The molecule has 0 radical (unpaired) electrons. The van der Waals surface area contributed by atoms with Gasteiger partial charge in [0, 0.05) is 12.1 Å². The Morgan fingerprint density at radius 1 is 1.29 bits per heavy atom. The monoisotopic (exact) mass is 327 g/mol. The van der Waals surface area contributed by atoms with E-state index in [0.717, 1.165) is 36.5 Å². The first kappa shape index (κ1) is 14.4. The molecule has 2 heterocycles. The summed E-state index contributed by atoms with van der Waals surface area (Å²) in [4.78, 5) is 2.20. The zero-order valence-electron chi connectivity index (χ0n) is 14.1. The molecule has 1 spiro atoms. The fraction of sp³-hybridized carbons (Fsp3) is 0.474. The van der Waals surface area contributed by atoms with Crippen LogP contribution in [-0.4, -0.2) is 49.6 Å². The lowest BCUT2D eigenvalue weighted by atomic mass is 9.59. The number of methoxy groups -OCH3 is 2. The Kier molecular flexibility index (Phi) is 2.60. The first-order valence-electron chi connectivity index (χ1n) is 8.35. The highest BCUT2D eigenvalue weighted by Crippen LogP contribution is 2.68. The second-order valence-electron chi connectivity index (χ2n) is 7.00. The van der Waals surface area contributed by atoms with E-state index in [1.807, 2.05) is 6.07 Å². The lowest BCUT2D eigenvalue weighted by molar-refractivity contribution is -0.0736. The Hall–Kier alpha value is -1.98. The van der Waals surface area contributed by atoms with Gasteiger partial charge in [-0.15, -0.1) is 0 Å². The SMILES string of the molecule is COC1=C[C@H](O)C2=CCc3ccc(OC)c4c3[C@]23CCN(C)[C@]13O4. The maximum atomic E-state index is 10.8. The normalized spacial score (nSPS) is 35.6. The van der Waals surface area contributed by atoms with Gasteiger partial charge in [-0.3, -0.25) is 4.90 Å². The summed E-state index contributed by atoms with van der Waals surface area (Å²) in [5, 5.41) is 10.8. The number of likely N-dealkylation sites (tertiary alicyclic amines) is 1. The largest absolute Gasteiger partial charge is 0.495 e. The predicted octanol–water partition coefficient (Wildman–Crippen LogP) is 1.74. The van der Waals surface area contributed by atoms with Crippen molar-refractivity contribution in [3.63, 3.8) is 0 Å². The maximum Gasteiger partial charge on any atom is 0.234 e. The Labute approximate surface area is 141 Å². The van der Waals surface area contributed by atoms with Gasteiger partial charge in [0.2, 0.25) is 5.72 Å². The summed E-state index contributed by atoms with van der Waals surface area (Å²) >= 11 is 0. The summed E-state index contributed by atoms with van der Waals surface area (Å²) in [7, 11) is 5.37. The molecule has 3 atom stereocenters. The minimum absolute atomic E-state index is 0.404. The standard InChI is InChI=1S/C19H21NO4/c1-20-9-8-18-12-6-4-11-5-7-14(22-2)17(16(11)18)24-19(18,20)15(23-3)10-13(12)21/h5-7,10,13,21H,4,8-9H2,1-3H3/t13-,18-,19-/m0/s1. The Bertz CT molecular complexity index is 814. The number of hydrogen-bond acceptors (Lipinski definition) is 5. The van der Waals surface area contributed by atoms with E-state index in [4.69, 9.17) is 14.2 Å². The minimum Gasteiger partial charge on any atom is -0.495 e. The van der Waals surface area contributed by atoms with Crippen molar-refractivity contribution < 1.29 is 19.3 Å². The smallest absolute Gasteiger partial charge is 0.234 e. The highest BCUT2D eigenvalue weighted by atomic mass is 16.6. The minimum atomic E-state index is -0.737. The van der Waals surface area contributed by atoms with Gasteiger partial charge in [0.15, 0.2) is 17.3 Å². The number of aliphatic hydroxyl groups excluding tert-OH is 1. The third kappa shape index (κ3) is 1.25. The highest BCUT2D eigenvalue weighted by molar-refractivity contribution is 5.69. The molecule has 2 aliphatic carbocycles. The van der Waals surface area contributed by atoms with Crippen molar-refractivity contribution in [1.29, 1.82) is 0 Å². The van der Waals surface area contributed by atoms with E-state index in [9.17, 15) is 5.11 Å². The molecule has 0 saturated carbocycles. The van der Waals surface area contributed by atoms with Crippen LogP contribution >= 0.6 is 0 Å². The van der Waals surface area contributed by atoms with Gasteiger partial charge in [0.25, 0.3) is 0 Å². The lowest BCUT2D eigenvalue weighted by Gasteiger charge is -2.49. The van der Waals surface area contributed by atoms with Gasteiger partial charge >= 0.3 is 0 Å². The van der Waals surface area contributed by atoms with Crippen LogP contribution in [0.15, 0.2) is 35.6 Å². The molecular weight excluding hydrogens is 306 g/mol. The van der Waals surface area contributed by atoms with E-state index in [2.05, 4.69) is 24.1 Å². The summed E-state index contributed by atoms with van der Waals surface area (Å²) in [6, 6.07) is 4.09. The molecule has 5 rings (SSSR count). The van der Waals surface area contributed by atoms with Crippen molar-refractivity contribution in [2.24, 2.45) is 0 Å². The summed E-state index contributed by atoms with van der Waals surface area (Å²) in [5.41, 5.74) is 2.31. The summed E-state index contributed by atoms with van der Waals surface area (Å²) in [6.45, 7) is 0.876. The topological polar surface area (TPSA) is 51.2 Å². The van der Waals surface area contributed by atoms with Crippen molar-refractivity contribution in [2.45, 2.75) is 30.1 Å². The van der Waals surface area contributed by atoms with Gasteiger partial charge in [-0.25, -0.2) is 0 Å². The van der Waals surface area contributed by atoms with Crippen LogP contribution in [0.3, 0.4) is 0 Å². The molecule has 5 nitrogen and oxygen atoms in total. The average Bonchev–Trinajstić information content (AvgIpc) is 3.06. The number of benzene rings is 1. The van der Waals surface area contributed by atoms with E-state index < -0.39 is 17.2 Å². The van der Waals surface area contributed by atoms with Crippen molar-refractivity contribution >= 4 is 0 Å². The van der Waals surface area contributed by atoms with Crippen molar-refractivity contribution in [3.05, 3.63) is 46.7 Å². The van der Waals surface area contributed by atoms with Crippen LogP contribution in [0.2, 0.25) is 0 Å². The van der Waals surface area contributed by atoms with Gasteiger partial charge in [-0.05, 0) is 43.2 Å². The molecule has 5 heteroatoms. The Balaban J connectivity index is 1.91. The van der Waals surface area contributed by atoms with E-state index in [1.165, 1.54) is 11.1 Å². The summed E-state index contributed by atoms with van der Waals surface area (Å²) < 4.78 is 18.0. The molecule has 2 aliphatic heterocycles. The van der Waals surface area contributed by atoms with Crippen molar-refractivity contribution in [3.8, 4) is 11.5 Å². The third-order valence-electron chi connectivity index (χ3n) is 6.26. The number of hydrogen-bond donors (Lipinski definition) is 1. The first-order chi connectivity index (χ1) is 11.6. The molecule has 1 aromatic carbocycles. The maximum absolute atomic E-state index is 10.8. The number of likely N-dealkylation sites (N-methyl/N-ethyl adjacent to an activating group) is 1. The molecule has 1 saturated heterocycles. The van der Waals surface area contributed by atoms with Gasteiger partial charge in [0.05, 0.1) is 25.7 Å². The van der Waals surface area contributed by atoms with Crippen LogP contribution in [0.4, 0.5) is 0 Å². The molecule has 1 N–H and O–H groups in total. The van der Waals surface area contributed by atoms with Crippen molar-refractivity contribution in [1.82, 2.24) is 4.90 Å². The molecule has 126 valence electrons. The summed E-state index contributed by atoms with van der Waals surface area (Å²) in [5.74, 6) is 2.21. The first-order valence-corrected chi connectivity index (χ1v) is 8.35. The van der Waals surface area contributed by atoms with Crippen LogP contribution in [0.25, 0.3) is 0 Å². The second-order valence-corrected chi connectivity index (χ2v) is 7.00. The fourth-order valence-electron chi connectivity index (χ4n) is 5.35. The number of rotatable bonds is 2. The second kappa shape index (κ2) is 4.35. The Morgan fingerprint density at radius 2 is 2.12 bits per heavy atom. The lowest BCUT2D eigenvalue weighted by Crippen LogP contribution is -2.62. The van der Waals surface area contributed by atoms with Gasteiger partial charge < -0.3 is 19.3 Å². The fourth-order valence-corrected chi connectivity index (χ4v) is 5.35. The predicted molar refractivity (Wildman–Crippen MR) is 88.2 cm³/mol. The third-order valence-corrected chi connectivity index (χ3v) is 6.26. The number of ether oxygens (including phenoxy) is 3. The summed E-state index contributed by atoms with van der Waals surface area (Å²) in [6.07, 6.45) is 5.01. The number of aliphatic hydroxyl groups is 1. The van der Waals surface area contributed by atoms with Gasteiger partial charge in [-0.1, -0.05) is 12.1 Å². The van der Waals surface area contributed by atoms with E-state index in [0.29, 0.717) is 5.76 Å². The van der Waals surface area contributed by atoms with E-state index in [-0.39, 0.29) is 0 Å². The zero-order valence-corrected chi connectivity index (χ0v) is 14.1. The van der Waals surface area contributed by atoms with Crippen LogP contribution in [0.1, 0.15) is 17.5 Å².